The highest BCUT2D eigenvalue weighted by molar-refractivity contribution is 7.86. The number of nitrogens with zero attached hydrogens (tertiary/aromatic N) is 5. The molecule has 2 aliphatic rings. The lowest BCUT2D eigenvalue weighted by atomic mass is 10.3. The molecule has 0 unspecified atom stereocenters. The summed E-state index contributed by atoms with van der Waals surface area (Å²) >= 11 is 1.62. The van der Waals surface area contributed by atoms with Crippen LogP contribution in [0.15, 0.2) is 11.4 Å². The number of hydrogen-bond acceptors (Lipinski definition) is 6. The highest BCUT2D eigenvalue weighted by Gasteiger charge is 2.33. The second-order valence-corrected chi connectivity index (χ2v) is 9.41. The fourth-order valence-electron chi connectivity index (χ4n) is 3.60. The van der Waals surface area contributed by atoms with Crippen molar-refractivity contribution in [3.05, 3.63) is 17.3 Å². The molecule has 2 fully saturated rings. The van der Waals surface area contributed by atoms with E-state index in [-0.39, 0.29) is 0 Å². The van der Waals surface area contributed by atoms with E-state index in [4.69, 9.17) is 0 Å². The molecule has 0 N–H and O–H groups in total. The molecule has 4 rings (SSSR count). The van der Waals surface area contributed by atoms with Gasteiger partial charge in [0.25, 0.3) is 10.2 Å². The molecular formula is C16H23N5O2S2. The van der Waals surface area contributed by atoms with Crippen LogP contribution in [0.3, 0.4) is 0 Å². The van der Waals surface area contributed by atoms with Gasteiger partial charge in [-0.15, -0.1) is 11.3 Å². The second kappa shape index (κ2) is 6.79. The van der Waals surface area contributed by atoms with Crippen LogP contribution in [0.4, 0.5) is 5.82 Å². The van der Waals surface area contributed by atoms with E-state index in [1.54, 1.807) is 19.9 Å². The molecule has 2 saturated heterocycles. The summed E-state index contributed by atoms with van der Waals surface area (Å²) in [6.07, 6.45) is 2.74. The highest BCUT2D eigenvalue weighted by atomic mass is 32.2. The van der Waals surface area contributed by atoms with Crippen molar-refractivity contribution < 1.29 is 8.42 Å². The Morgan fingerprint density at radius 1 is 0.960 bits per heavy atom. The van der Waals surface area contributed by atoms with Crippen molar-refractivity contribution in [1.82, 2.24) is 18.6 Å². The van der Waals surface area contributed by atoms with Gasteiger partial charge >= 0.3 is 0 Å². The molecule has 2 aromatic heterocycles. The van der Waals surface area contributed by atoms with Crippen molar-refractivity contribution in [1.29, 1.82) is 0 Å². The lowest BCUT2D eigenvalue weighted by molar-refractivity contribution is 0.373. The van der Waals surface area contributed by atoms with E-state index in [9.17, 15) is 8.42 Å². The summed E-state index contributed by atoms with van der Waals surface area (Å²) in [4.78, 5) is 12.3. The summed E-state index contributed by atoms with van der Waals surface area (Å²) in [5.41, 5.74) is 0. The minimum atomic E-state index is -3.32. The number of anilines is 1. The van der Waals surface area contributed by atoms with Crippen molar-refractivity contribution in [2.75, 3.05) is 44.2 Å². The van der Waals surface area contributed by atoms with E-state index in [0.717, 1.165) is 47.7 Å². The van der Waals surface area contributed by atoms with Crippen molar-refractivity contribution in [3.8, 4) is 0 Å². The topological polar surface area (TPSA) is 69.6 Å². The van der Waals surface area contributed by atoms with Gasteiger partial charge in [0.05, 0.1) is 5.39 Å². The fourth-order valence-corrected chi connectivity index (χ4v) is 6.13. The zero-order valence-corrected chi connectivity index (χ0v) is 16.0. The molecule has 9 heteroatoms. The van der Waals surface area contributed by atoms with Gasteiger partial charge in [-0.25, -0.2) is 9.97 Å². The normalized spacial score (nSPS) is 21.1. The molecule has 0 saturated carbocycles. The first-order chi connectivity index (χ1) is 12.1. The monoisotopic (exact) mass is 381 g/mol. The van der Waals surface area contributed by atoms with Gasteiger partial charge in [-0.05, 0) is 37.6 Å². The van der Waals surface area contributed by atoms with Crippen LogP contribution in [0.25, 0.3) is 10.2 Å². The molecule has 0 amide bonds. The molecule has 25 heavy (non-hydrogen) atoms. The Morgan fingerprint density at radius 3 is 2.48 bits per heavy atom. The van der Waals surface area contributed by atoms with Gasteiger partial charge in [0.15, 0.2) is 0 Å². The Balaban J connectivity index is 1.56. The summed E-state index contributed by atoms with van der Waals surface area (Å²) in [6, 6.07) is 2.05. The quantitative estimate of drug-likeness (QED) is 0.812. The van der Waals surface area contributed by atoms with Crippen molar-refractivity contribution in [2.24, 2.45) is 0 Å². The standard InChI is InChI=1S/C16H23N5O2S2/c1-13-17-15(14-5-12-24-16(14)18-13)19-6-4-9-21(11-10-19)25(22,23)20-7-2-3-8-20/h5,12H,2-4,6-11H2,1H3. The van der Waals surface area contributed by atoms with E-state index in [2.05, 4.69) is 20.9 Å². The highest BCUT2D eigenvalue weighted by Crippen LogP contribution is 2.29. The zero-order valence-electron chi connectivity index (χ0n) is 14.4. The number of aromatic nitrogens is 2. The number of thiophene rings is 1. The van der Waals surface area contributed by atoms with Crippen LogP contribution in [0.5, 0.6) is 0 Å². The molecule has 7 nitrogen and oxygen atoms in total. The molecule has 0 bridgehead atoms. The van der Waals surface area contributed by atoms with Crippen LogP contribution >= 0.6 is 11.3 Å². The molecule has 2 aliphatic heterocycles. The Morgan fingerprint density at radius 2 is 1.68 bits per heavy atom. The van der Waals surface area contributed by atoms with Gasteiger partial charge in [0.2, 0.25) is 0 Å². The van der Waals surface area contributed by atoms with Crippen LogP contribution < -0.4 is 4.90 Å². The van der Waals surface area contributed by atoms with Crippen molar-refractivity contribution >= 4 is 37.6 Å². The number of rotatable bonds is 3. The van der Waals surface area contributed by atoms with Crippen LogP contribution in [0.2, 0.25) is 0 Å². The maximum Gasteiger partial charge on any atom is 0.282 e. The number of aryl methyl sites for hydroxylation is 1. The molecule has 0 spiro atoms. The van der Waals surface area contributed by atoms with Gasteiger partial charge < -0.3 is 4.90 Å². The average molecular weight is 382 g/mol. The Kier molecular flexibility index (Phi) is 4.65. The smallest absolute Gasteiger partial charge is 0.282 e. The third-order valence-electron chi connectivity index (χ3n) is 4.89. The zero-order chi connectivity index (χ0) is 17.4. The van der Waals surface area contributed by atoms with Gasteiger partial charge in [0, 0.05) is 39.3 Å². The minimum absolute atomic E-state index is 0.507. The number of fused-ring (bicyclic) bond motifs is 1. The summed E-state index contributed by atoms with van der Waals surface area (Å²) in [7, 11) is -3.32. The van der Waals surface area contributed by atoms with Gasteiger partial charge in [-0.1, -0.05) is 0 Å². The maximum atomic E-state index is 12.8. The summed E-state index contributed by atoms with van der Waals surface area (Å²) in [5, 5.41) is 3.09. The first-order valence-corrected chi connectivity index (χ1v) is 11.1. The van der Waals surface area contributed by atoms with E-state index < -0.39 is 10.2 Å². The van der Waals surface area contributed by atoms with Gasteiger partial charge in [-0.3, -0.25) is 0 Å². The SMILES string of the molecule is Cc1nc(N2CCCN(S(=O)(=O)N3CCCC3)CC2)c2ccsc2n1. The average Bonchev–Trinajstić information content (AvgIpc) is 3.21. The molecule has 4 heterocycles. The molecule has 136 valence electrons. The predicted octanol–water partition coefficient (Wildman–Crippen LogP) is 1.85. The number of hydrogen-bond donors (Lipinski definition) is 0. The van der Waals surface area contributed by atoms with Crippen LogP contribution in [-0.2, 0) is 10.2 Å². The summed E-state index contributed by atoms with van der Waals surface area (Å²) in [5.74, 6) is 1.69. The second-order valence-electron chi connectivity index (χ2n) is 6.59. The molecule has 0 radical (unpaired) electrons. The Bertz CT molecular complexity index is 861. The first kappa shape index (κ1) is 17.1. The maximum absolute atomic E-state index is 12.8. The van der Waals surface area contributed by atoms with E-state index in [1.807, 2.05) is 12.3 Å². The largest absolute Gasteiger partial charge is 0.355 e. The third-order valence-corrected chi connectivity index (χ3v) is 7.73. The molecule has 0 aromatic carbocycles. The van der Waals surface area contributed by atoms with Crippen molar-refractivity contribution in [2.45, 2.75) is 26.2 Å². The first-order valence-electron chi connectivity index (χ1n) is 8.78. The predicted molar refractivity (Wildman–Crippen MR) is 100 cm³/mol. The third kappa shape index (κ3) is 3.25. The van der Waals surface area contributed by atoms with E-state index in [0.29, 0.717) is 32.7 Å². The lowest BCUT2D eigenvalue weighted by Gasteiger charge is -2.26. The van der Waals surface area contributed by atoms with Crippen LogP contribution in [0.1, 0.15) is 25.1 Å². The fraction of sp³-hybridized carbons (Fsp3) is 0.625. The minimum Gasteiger partial charge on any atom is -0.355 e. The van der Waals surface area contributed by atoms with E-state index >= 15 is 0 Å². The molecule has 0 atom stereocenters. The lowest BCUT2D eigenvalue weighted by Crippen LogP contribution is -2.44. The van der Waals surface area contributed by atoms with Crippen LogP contribution in [-0.4, -0.2) is 66.3 Å². The van der Waals surface area contributed by atoms with Gasteiger partial charge in [0.1, 0.15) is 16.5 Å². The Labute approximate surface area is 152 Å². The van der Waals surface area contributed by atoms with Crippen molar-refractivity contribution in [3.63, 3.8) is 0 Å². The molecular weight excluding hydrogens is 358 g/mol. The summed E-state index contributed by atoms with van der Waals surface area (Å²) < 4.78 is 28.9. The van der Waals surface area contributed by atoms with Crippen LogP contribution in [0, 0.1) is 6.92 Å². The van der Waals surface area contributed by atoms with Gasteiger partial charge in [-0.2, -0.15) is 17.0 Å². The molecule has 2 aromatic rings. The molecule has 0 aliphatic carbocycles. The summed E-state index contributed by atoms with van der Waals surface area (Å²) in [6.45, 7) is 5.78. The Hall–Kier alpha value is -1.29. The van der Waals surface area contributed by atoms with E-state index in [1.165, 1.54) is 0 Å².